The van der Waals surface area contributed by atoms with Crippen LogP contribution in [0.1, 0.15) is 38.2 Å². The van der Waals surface area contributed by atoms with Crippen molar-refractivity contribution in [2.75, 3.05) is 20.1 Å². The van der Waals surface area contributed by atoms with E-state index in [2.05, 4.69) is 23.2 Å². The van der Waals surface area contributed by atoms with Crippen LogP contribution in [0, 0.1) is 11.3 Å². The van der Waals surface area contributed by atoms with Crippen molar-refractivity contribution in [2.24, 2.45) is 0 Å². The van der Waals surface area contributed by atoms with Gasteiger partial charge >= 0.3 is 0 Å². The number of hydrogen-bond donors (Lipinski definition) is 1. The summed E-state index contributed by atoms with van der Waals surface area (Å²) in [4.78, 5) is 2.50. The largest absolute Gasteiger partial charge is 0.298 e. The number of nitrogens with zero attached hydrogens (tertiary/aromatic N) is 2. The first kappa shape index (κ1) is 15.0. The average Bonchev–Trinajstić information content (AvgIpc) is 3.34. The van der Waals surface area contributed by atoms with E-state index in [0.717, 1.165) is 18.7 Å². The summed E-state index contributed by atoms with van der Waals surface area (Å²) < 4.78 is 0. The highest BCUT2D eigenvalue weighted by atomic mass is 15.2. The first-order valence-electron chi connectivity index (χ1n) is 7.65. The van der Waals surface area contributed by atoms with Crippen LogP contribution in [0.2, 0.25) is 0 Å². The number of unbranched alkanes of at least 4 members (excludes halogenated alkanes) is 1. The Balaban J connectivity index is 2.17. The van der Waals surface area contributed by atoms with E-state index in [1.165, 1.54) is 25.7 Å². The molecule has 1 aromatic rings. The Kier molecular flexibility index (Phi) is 5.17. The molecule has 108 valence electrons. The summed E-state index contributed by atoms with van der Waals surface area (Å²) >= 11 is 0. The van der Waals surface area contributed by atoms with Crippen LogP contribution < -0.4 is 5.32 Å². The van der Waals surface area contributed by atoms with Gasteiger partial charge in [0.25, 0.3) is 0 Å². The van der Waals surface area contributed by atoms with E-state index < -0.39 is 5.54 Å². The van der Waals surface area contributed by atoms with Crippen molar-refractivity contribution in [1.29, 1.82) is 5.26 Å². The molecule has 0 aliphatic heterocycles. The van der Waals surface area contributed by atoms with Gasteiger partial charge in [-0.25, -0.2) is 0 Å². The van der Waals surface area contributed by atoms with Crippen molar-refractivity contribution in [2.45, 2.75) is 44.2 Å². The van der Waals surface area contributed by atoms with E-state index in [4.69, 9.17) is 0 Å². The summed E-state index contributed by atoms with van der Waals surface area (Å²) in [6.45, 7) is 4.09. The van der Waals surface area contributed by atoms with Crippen molar-refractivity contribution in [1.82, 2.24) is 10.2 Å². The van der Waals surface area contributed by atoms with Gasteiger partial charge in [-0.2, -0.15) is 5.26 Å². The fourth-order valence-corrected chi connectivity index (χ4v) is 2.69. The van der Waals surface area contributed by atoms with E-state index in [1.807, 2.05) is 37.4 Å². The molecule has 20 heavy (non-hydrogen) atoms. The smallest absolute Gasteiger partial charge is 0.144 e. The van der Waals surface area contributed by atoms with Crippen molar-refractivity contribution < 1.29 is 0 Å². The van der Waals surface area contributed by atoms with Gasteiger partial charge in [0.15, 0.2) is 0 Å². The molecule has 0 bridgehead atoms. The molecule has 2 rings (SSSR count). The van der Waals surface area contributed by atoms with Crippen molar-refractivity contribution >= 4 is 0 Å². The molecule has 0 saturated heterocycles. The zero-order valence-electron chi connectivity index (χ0n) is 12.6. The van der Waals surface area contributed by atoms with Gasteiger partial charge in [0, 0.05) is 12.6 Å². The highest BCUT2D eigenvalue weighted by Gasteiger charge is 2.37. The van der Waals surface area contributed by atoms with E-state index >= 15 is 0 Å². The lowest BCUT2D eigenvalue weighted by molar-refractivity contribution is 0.205. The molecular formula is C17H25N3. The molecule has 1 fully saturated rings. The monoisotopic (exact) mass is 271 g/mol. The Morgan fingerprint density at radius 1 is 1.35 bits per heavy atom. The van der Waals surface area contributed by atoms with Crippen molar-refractivity contribution in [3.8, 4) is 6.07 Å². The fraction of sp³-hybridized carbons (Fsp3) is 0.588. The van der Waals surface area contributed by atoms with Crippen LogP contribution in [0.4, 0.5) is 0 Å². The molecule has 1 unspecified atom stereocenters. The van der Waals surface area contributed by atoms with Gasteiger partial charge in [-0.1, -0.05) is 43.7 Å². The quantitative estimate of drug-likeness (QED) is 0.790. The second-order valence-electron chi connectivity index (χ2n) is 5.69. The predicted molar refractivity (Wildman–Crippen MR) is 82.3 cm³/mol. The number of likely N-dealkylation sites (N-methyl/N-ethyl adjacent to an activating group) is 1. The molecule has 0 radical (unpaired) electrons. The summed E-state index contributed by atoms with van der Waals surface area (Å²) in [6, 6.07) is 13.3. The Morgan fingerprint density at radius 2 is 2.05 bits per heavy atom. The summed E-state index contributed by atoms with van der Waals surface area (Å²) in [6.07, 6.45) is 4.97. The molecular weight excluding hydrogens is 246 g/mol. The highest BCUT2D eigenvalue weighted by molar-refractivity contribution is 5.32. The van der Waals surface area contributed by atoms with Crippen molar-refractivity contribution in [3.63, 3.8) is 0 Å². The molecule has 0 amide bonds. The first-order valence-corrected chi connectivity index (χ1v) is 7.65. The predicted octanol–water partition coefficient (Wildman–Crippen LogP) is 2.89. The topological polar surface area (TPSA) is 39.1 Å². The van der Waals surface area contributed by atoms with Gasteiger partial charge in [0.1, 0.15) is 5.54 Å². The third-order valence-corrected chi connectivity index (χ3v) is 4.19. The molecule has 0 aromatic heterocycles. The Bertz CT molecular complexity index is 447. The van der Waals surface area contributed by atoms with Crippen LogP contribution in [0.15, 0.2) is 30.3 Å². The molecule has 1 aliphatic rings. The molecule has 1 N–H and O–H groups in total. The normalized spacial score (nSPS) is 17.7. The minimum atomic E-state index is -0.600. The highest BCUT2D eigenvalue weighted by Crippen LogP contribution is 2.31. The lowest BCUT2D eigenvalue weighted by atomic mass is 9.90. The Labute approximate surface area is 122 Å². The lowest BCUT2D eigenvalue weighted by Gasteiger charge is -2.33. The second kappa shape index (κ2) is 6.88. The van der Waals surface area contributed by atoms with Crippen LogP contribution in [-0.4, -0.2) is 31.1 Å². The molecule has 1 atom stereocenters. The van der Waals surface area contributed by atoms with E-state index in [0.29, 0.717) is 6.04 Å². The molecule has 0 spiro atoms. The number of hydrogen-bond acceptors (Lipinski definition) is 3. The molecule has 3 nitrogen and oxygen atoms in total. The molecule has 1 saturated carbocycles. The number of nitrogens with one attached hydrogen (secondary N) is 1. The SMILES string of the molecule is CCCCN(CC(C#N)(NC)c1ccccc1)C1CC1. The lowest BCUT2D eigenvalue weighted by Crippen LogP contribution is -2.49. The summed E-state index contributed by atoms with van der Waals surface area (Å²) in [5.41, 5.74) is 0.463. The zero-order valence-corrected chi connectivity index (χ0v) is 12.6. The van der Waals surface area contributed by atoms with Crippen LogP contribution >= 0.6 is 0 Å². The summed E-state index contributed by atoms with van der Waals surface area (Å²) in [7, 11) is 1.89. The standard InChI is InChI=1S/C17H25N3/c1-3-4-12-20(16-10-11-16)14-17(13-18,19-2)15-8-6-5-7-9-15/h5-9,16,19H,3-4,10-12,14H2,1-2H3. The van der Waals surface area contributed by atoms with Gasteiger partial charge in [0.2, 0.25) is 0 Å². The third-order valence-electron chi connectivity index (χ3n) is 4.19. The number of nitriles is 1. The molecule has 1 aromatic carbocycles. The Morgan fingerprint density at radius 3 is 2.55 bits per heavy atom. The minimum absolute atomic E-state index is 0.600. The fourth-order valence-electron chi connectivity index (χ4n) is 2.69. The molecule has 0 heterocycles. The maximum atomic E-state index is 9.77. The van der Waals surface area contributed by atoms with Gasteiger partial charge in [-0.05, 0) is 38.4 Å². The van der Waals surface area contributed by atoms with E-state index in [1.54, 1.807) is 0 Å². The van der Waals surface area contributed by atoms with Gasteiger partial charge in [-0.15, -0.1) is 0 Å². The van der Waals surface area contributed by atoms with Gasteiger partial charge in [0.05, 0.1) is 6.07 Å². The first-order chi connectivity index (χ1) is 9.75. The second-order valence-corrected chi connectivity index (χ2v) is 5.69. The van der Waals surface area contributed by atoms with Gasteiger partial charge in [-0.3, -0.25) is 10.2 Å². The summed E-state index contributed by atoms with van der Waals surface area (Å²) in [5.74, 6) is 0. The van der Waals surface area contributed by atoms with Crippen molar-refractivity contribution in [3.05, 3.63) is 35.9 Å². The number of benzene rings is 1. The maximum absolute atomic E-state index is 9.77. The summed E-state index contributed by atoms with van der Waals surface area (Å²) in [5, 5.41) is 13.0. The Hall–Kier alpha value is -1.37. The average molecular weight is 271 g/mol. The minimum Gasteiger partial charge on any atom is -0.298 e. The molecule has 1 aliphatic carbocycles. The third kappa shape index (κ3) is 3.39. The van der Waals surface area contributed by atoms with Gasteiger partial charge < -0.3 is 0 Å². The molecule has 3 heteroatoms. The van der Waals surface area contributed by atoms with Crippen LogP contribution in [0.25, 0.3) is 0 Å². The van der Waals surface area contributed by atoms with E-state index in [9.17, 15) is 5.26 Å². The zero-order chi connectivity index (χ0) is 14.4. The maximum Gasteiger partial charge on any atom is 0.144 e. The van der Waals surface area contributed by atoms with Crippen LogP contribution in [-0.2, 0) is 5.54 Å². The number of rotatable bonds is 8. The van der Waals surface area contributed by atoms with Crippen LogP contribution in [0.3, 0.4) is 0 Å². The van der Waals surface area contributed by atoms with E-state index in [-0.39, 0.29) is 0 Å². The van der Waals surface area contributed by atoms with Crippen LogP contribution in [0.5, 0.6) is 0 Å².